The molecule has 2 aromatic rings. The Hall–Kier alpha value is -2.37. The van der Waals surface area contributed by atoms with Crippen molar-refractivity contribution >= 4 is 6.29 Å². The second kappa shape index (κ2) is 4.33. The molecule has 0 amide bonds. The smallest absolute Gasteiger partial charge is 0.231 e. The fourth-order valence-electron chi connectivity index (χ4n) is 2.66. The monoisotopic (exact) mass is 271 g/mol. The molecule has 0 atom stereocenters. The lowest BCUT2D eigenvalue weighted by molar-refractivity contribution is 0.111. The standard InChI is InChI=1S/C14H13N3O3/c18-7-11-14(9-2-1-3-9)17(16-15-11)10-4-5-12-13(6-10)20-8-19-12/h4-7,9H,1-3,8H2. The molecule has 1 fully saturated rings. The fraction of sp³-hybridized carbons (Fsp3) is 0.357. The minimum Gasteiger partial charge on any atom is -0.454 e. The molecule has 2 heterocycles. The van der Waals surface area contributed by atoms with Gasteiger partial charge in [-0.15, -0.1) is 5.10 Å². The highest BCUT2D eigenvalue weighted by Gasteiger charge is 2.28. The largest absolute Gasteiger partial charge is 0.454 e. The summed E-state index contributed by atoms with van der Waals surface area (Å²) in [6, 6.07) is 5.62. The molecule has 1 saturated carbocycles. The van der Waals surface area contributed by atoms with Crippen LogP contribution in [0.15, 0.2) is 18.2 Å². The number of nitrogens with zero attached hydrogens (tertiary/aromatic N) is 3. The van der Waals surface area contributed by atoms with Crippen molar-refractivity contribution in [2.24, 2.45) is 0 Å². The molecule has 0 saturated heterocycles. The van der Waals surface area contributed by atoms with Gasteiger partial charge >= 0.3 is 0 Å². The summed E-state index contributed by atoms with van der Waals surface area (Å²) in [4.78, 5) is 11.1. The lowest BCUT2D eigenvalue weighted by Gasteiger charge is -2.26. The molecular weight excluding hydrogens is 258 g/mol. The van der Waals surface area contributed by atoms with Crippen LogP contribution in [-0.2, 0) is 0 Å². The third-order valence-corrected chi connectivity index (χ3v) is 3.94. The summed E-state index contributed by atoms with van der Waals surface area (Å²) in [5.41, 5.74) is 2.19. The van der Waals surface area contributed by atoms with E-state index < -0.39 is 0 Å². The van der Waals surface area contributed by atoms with Crippen molar-refractivity contribution < 1.29 is 14.3 Å². The van der Waals surface area contributed by atoms with Crippen LogP contribution in [0, 0.1) is 0 Å². The van der Waals surface area contributed by atoms with Crippen molar-refractivity contribution in [1.29, 1.82) is 0 Å². The van der Waals surface area contributed by atoms with Gasteiger partial charge in [0.05, 0.1) is 11.4 Å². The van der Waals surface area contributed by atoms with Crippen molar-refractivity contribution in [2.75, 3.05) is 6.79 Å². The van der Waals surface area contributed by atoms with E-state index in [1.54, 1.807) is 4.68 Å². The molecule has 1 aliphatic heterocycles. The Kier molecular flexibility index (Phi) is 2.48. The zero-order valence-electron chi connectivity index (χ0n) is 10.8. The molecule has 2 aliphatic rings. The Bertz CT molecular complexity index is 676. The molecule has 4 rings (SSSR count). The average Bonchev–Trinajstić information content (AvgIpc) is 3.02. The summed E-state index contributed by atoms with van der Waals surface area (Å²) in [7, 11) is 0. The molecule has 0 spiro atoms. The van der Waals surface area contributed by atoms with Crippen molar-refractivity contribution in [2.45, 2.75) is 25.2 Å². The van der Waals surface area contributed by atoms with Gasteiger partial charge in [0.15, 0.2) is 17.8 Å². The topological polar surface area (TPSA) is 66.2 Å². The van der Waals surface area contributed by atoms with E-state index >= 15 is 0 Å². The number of carbonyl (C=O) groups excluding carboxylic acids is 1. The third-order valence-electron chi connectivity index (χ3n) is 3.94. The van der Waals surface area contributed by atoms with Gasteiger partial charge in [-0.05, 0) is 25.0 Å². The van der Waals surface area contributed by atoms with Crippen molar-refractivity contribution in [3.63, 3.8) is 0 Å². The lowest BCUT2D eigenvalue weighted by atomic mass is 9.82. The summed E-state index contributed by atoms with van der Waals surface area (Å²) in [5, 5.41) is 8.10. The van der Waals surface area contributed by atoms with Crippen molar-refractivity contribution in [1.82, 2.24) is 15.0 Å². The summed E-state index contributed by atoms with van der Waals surface area (Å²) in [5.74, 6) is 1.80. The van der Waals surface area contributed by atoms with Gasteiger partial charge in [-0.3, -0.25) is 4.79 Å². The van der Waals surface area contributed by atoms with Crippen LogP contribution in [-0.4, -0.2) is 28.1 Å². The number of carbonyl (C=O) groups is 1. The molecule has 102 valence electrons. The van der Waals surface area contributed by atoms with Crippen LogP contribution < -0.4 is 9.47 Å². The normalized spacial score (nSPS) is 17.0. The maximum absolute atomic E-state index is 11.1. The van der Waals surface area contributed by atoms with Gasteiger partial charge in [0.25, 0.3) is 0 Å². The first-order valence-electron chi connectivity index (χ1n) is 6.67. The molecular formula is C14H13N3O3. The number of fused-ring (bicyclic) bond motifs is 1. The zero-order chi connectivity index (χ0) is 13.5. The SMILES string of the molecule is O=Cc1nnn(-c2ccc3c(c2)OCO3)c1C1CCC1. The van der Waals surface area contributed by atoms with Crippen LogP contribution in [0.4, 0.5) is 0 Å². The van der Waals surface area contributed by atoms with Gasteiger partial charge < -0.3 is 9.47 Å². The molecule has 6 nitrogen and oxygen atoms in total. The number of benzene rings is 1. The van der Waals surface area contributed by atoms with E-state index in [2.05, 4.69) is 10.3 Å². The number of aldehydes is 1. The molecule has 6 heteroatoms. The van der Waals surface area contributed by atoms with Gasteiger partial charge in [0.1, 0.15) is 5.69 Å². The summed E-state index contributed by atoms with van der Waals surface area (Å²) in [6.45, 7) is 0.241. The molecule has 0 unspecified atom stereocenters. The number of ether oxygens (including phenoxy) is 2. The molecule has 1 aromatic carbocycles. The number of rotatable bonds is 3. The molecule has 0 N–H and O–H groups in total. The van der Waals surface area contributed by atoms with E-state index in [0.717, 1.165) is 36.3 Å². The Labute approximate surface area is 115 Å². The van der Waals surface area contributed by atoms with Gasteiger partial charge in [-0.1, -0.05) is 11.6 Å². The van der Waals surface area contributed by atoms with E-state index in [1.807, 2.05) is 18.2 Å². The second-order valence-electron chi connectivity index (χ2n) is 5.05. The first kappa shape index (κ1) is 11.5. The third kappa shape index (κ3) is 1.61. The van der Waals surface area contributed by atoms with Crippen LogP contribution in [0.5, 0.6) is 11.5 Å². The summed E-state index contributed by atoms with van der Waals surface area (Å²) < 4.78 is 12.4. The highest BCUT2D eigenvalue weighted by atomic mass is 16.7. The minimum absolute atomic E-state index is 0.241. The first-order valence-corrected chi connectivity index (χ1v) is 6.67. The quantitative estimate of drug-likeness (QED) is 0.799. The number of aromatic nitrogens is 3. The number of hydrogen-bond donors (Lipinski definition) is 0. The Morgan fingerprint density at radius 2 is 2.10 bits per heavy atom. The Morgan fingerprint density at radius 3 is 2.85 bits per heavy atom. The van der Waals surface area contributed by atoms with Crippen LogP contribution in [0.25, 0.3) is 5.69 Å². The summed E-state index contributed by atoms with van der Waals surface area (Å²) in [6.07, 6.45) is 4.14. The zero-order valence-corrected chi connectivity index (χ0v) is 10.8. The fourth-order valence-corrected chi connectivity index (χ4v) is 2.66. The van der Waals surface area contributed by atoms with Gasteiger partial charge in [-0.25, -0.2) is 4.68 Å². The van der Waals surface area contributed by atoms with Gasteiger partial charge in [0.2, 0.25) is 6.79 Å². The highest BCUT2D eigenvalue weighted by Crippen LogP contribution is 2.39. The van der Waals surface area contributed by atoms with E-state index in [-0.39, 0.29) is 6.79 Å². The van der Waals surface area contributed by atoms with E-state index in [9.17, 15) is 4.79 Å². The Morgan fingerprint density at radius 1 is 1.25 bits per heavy atom. The maximum atomic E-state index is 11.1. The van der Waals surface area contributed by atoms with Crippen LogP contribution in [0.3, 0.4) is 0 Å². The van der Waals surface area contributed by atoms with Crippen molar-refractivity contribution in [3.05, 3.63) is 29.6 Å². The average molecular weight is 271 g/mol. The van der Waals surface area contributed by atoms with Gasteiger partial charge in [0, 0.05) is 12.0 Å². The molecule has 20 heavy (non-hydrogen) atoms. The first-order chi connectivity index (χ1) is 9.86. The Balaban J connectivity index is 1.81. The van der Waals surface area contributed by atoms with Crippen LogP contribution >= 0.6 is 0 Å². The number of hydrogen-bond acceptors (Lipinski definition) is 5. The molecule has 1 aromatic heterocycles. The van der Waals surface area contributed by atoms with Gasteiger partial charge in [-0.2, -0.15) is 0 Å². The minimum atomic E-state index is 0.241. The predicted octanol–water partition coefficient (Wildman–Crippen LogP) is 2.08. The lowest BCUT2D eigenvalue weighted by Crippen LogP contribution is -2.15. The highest BCUT2D eigenvalue weighted by molar-refractivity contribution is 5.74. The van der Waals surface area contributed by atoms with Crippen LogP contribution in [0.2, 0.25) is 0 Å². The van der Waals surface area contributed by atoms with Crippen LogP contribution in [0.1, 0.15) is 41.4 Å². The molecule has 0 bridgehead atoms. The molecule has 0 radical (unpaired) electrons. The van der Waals surface area contributed by atoms with E-state index in [4.69, 9.17) is 9.47 Å². The van der Waals surface area contributed by atoms with E-state index in [1.165, 1.54) is 6.42 Å². The van der Waals surface area contributed by atoms with Crippen molar-refractivity contribution in [3.8, 4) is 17.2 Å². The summed E-state index contributed by atoms with van der Waals surface area (Å²) >= 11 is 0. The second-order valence-corrected chi connectivity index (χ2v) is 5.05. The molecule has 1 aliphatic carbocycles. The maximum Gasteiger partial charge on any atom is 0.231 e. The van der Waals surface area contributed by atoms with E-state index in [0.29, 0.717) is 17.4 Å². The predicted molar refractivity (Wildman–Crippen MR) is 69.5 cm³/mol.